The van der Waals surface area contributed by atoms with Crippen molar-refractivity contribution in [1.82, 2.24) is 4.98 Å². The van der Waals surface area contributed by atoms with Crippen LogP contribution in [-0.4, -0.2) is 10.8 Å². The maximum absolute atomic E-state index is 5.71. The predicted octanol–water partition coefficient (Wildman–Crippen LogP) is 2.02. The van der Waals surface area contributed by atoms with Crippen LogP contribution in [-0.2, 0) is 11.3 Å². The predicted molar refractivity (Wildman–Crippen MR) is 56.4 cm³/mol. The van der Waals surface area contributed by atoms with Gasteiger partial charge in [0.15, 0.2) is 5.75 Å². The Hall–Kier alpha value is -1.53. The number of aryl methyl sites for hydroxylation is 1. The number of pyridine rings is 1. The second-order valence-electron chi connectivity index (χ2n) is 4.00. The quantitative estimate of drug-likeness (QED) is 0.604. The zero-order valence-corrected chi connectivity index (χ0v) is 9.13. The minimum absolute atomic E-state index is 0.477. The van der Waals surface area contributed by atoms with Crippen molar-refractivity contribution in [3.8, 4) is 18.1 Å². The molecule has 1 aromatic heterocycles. The van der Waals surface area contributed by atoms with Gasteiger partial charge in [-0.25, -0.2) is 0 Å². The molecule has 0 aliphatic carbocycles. The van der Waals surface area contributed by atoms with Crippen LogP contribution in [0.3, 0.4) is 0 Å². The fourth-order valence-electron chi connectivity index (χ4n) is 1.56. The van der Waals surface area contributed by atoms with E-state index in [2.05, 4.69) is 10.9 Å². The third-order valence-corrected chi connectivity index (χ3v) is 2.38. The molecule has 0 atom stereocenters. The average Bonchev–Trinajstić information content (AvgIpc) is 2.18. The van der Waals surface area contributed by atoms with Gasteiger partial charge >= 0.3 is 0 Å². The van der Waals surface area contributed by atoms with Crippen LogP contribution in [0.5, 0.6) is 5.75 Å². The Morgan fingerprint density at radius 3 is 2.93 bits per heavy atom. The smallest absolute Gasteiger partial charge is 0.205 e. The number of terminal acetylenes is 1. The fourth-order valence-corrected chi connectivity index (χ4v) is 1.56. The van der Waals surface area contributed by atoms with Gasteiger partial charge in [0.05, 0.1) is 17.9 Å². The summed E-state index contributed by atoms with van der Waals surface area (Å²) in [5.74, 6) is 2.75. The lowest BCUT2D eigenvalue weighted by atomic mass is 10.1. The summed E-state index contributed by atoms with van der Waals surface area (Å²) in [6.45, 7) is 6.13. The molecule has 15 heavy (non-hydrogen) atoms. The summed E-state index contributed by atoms with van der Waals surface area (Å²) in [6.07, 6.45) is 7.07. The number of ether oxygens (including phenoxy) is 2. The average molecular weight is 203 g/mol. The molecule has 0 aromatic carbocycles. The molecular formula is C12H13NO2. The van der Waals surface area contributed by atoms with Gasteiger partial charge in [-0.3, -0.25) is 4.98 Å². The van der Waals surface area contributed by atoms with Crippen LogP contribution < -0.4 is 4.74 Å². The number of aromatic nitrogens is 1. The molecule has 0 saturated carbocycles. The molecule has 0 bridgehead atoms. The Balaban J connectivity index is 2.56. The summed E-state index contributed by atoms with van der Waals surface area (Å²) in [7, 11) is 0. The summed E-state index contributed by atoms with van der Waals surface area (Å²) >= 11 is 0. The second-order valence-corrected chi connectivity index (χ2v) is 4.00. The molecule has 0 saturated heterocycles. The van der Waals surface area contributed by atoms with Crippen LogP contribution in [0.4, 0.5) is 0 Å². The molecule has 0 unspecified atom stereocenters. The van der Waals surface area contributed by atoms with Gasteiger partial charge in [0.1, 0.15) is 0 Å². The van der Waals surface area contributed by atoms with Gasteiger partial charge in [-0.15, -0.1) is 6.42 Å². The van der Waals surface area contributed by atoms with Gasteiger partial charge in [0, 0.05) is 25.6 Å². The van der Waals surface area contributed by atoms with Gasteiger partial charge < -0.3 is 9.47 Å². The molecule has 0 radical (unpaired) electrons. The third-order valence-electron chi connectivity index (χ3n) is 2.38. The molecule has 0 fully saturated rings. The van der Waals surface area contributed by atoms with E-state index in [1.807, 2.05) is 20.8 Å². The Morgan fingerprint density at radius 2 is 2.27 bits per heavy atom. The minimum Gasteiger partial charge on any atom is -0.461 e. The van der Waals surface area contributed by atoms with Crippen molar-refractivity contribution in [3.05, 3.63) is 23.0 Å². The number of rotatable bonds is 0. The lowest BCUT2D eigenvalue weighted by molar-refractivity contribution is -0.180. The Bertz CT molecular complexity index is 444. The Morgan fingerprint density at radius 1 is 1.53 bits per heavy atom. The molecule has 0 amide bonds. The van der Waals surface area contributed by atoms with E-state index in [1.54, 1.807) is 6.20 Å². The summed E-state index contributed by atoms with van der Waals surface area (Å²) < 4.78 is 11.3. The topological polar surface area (TPSA) is 31.4 Å². The number of hydrogen-bond donors (Lipinski definition) is 0. The molecule has 0 N–H and O–H groups in total. The maximum atomic E-state index is 5.71. The van der Waals surface area contributed by atoms with Gasteiger partial charge in [0.25, 0.3) is 0 Å². The van der Waals surface area contributed by atoms with E-state index in [9.17, 15) is 0 Å². The fraction of sp³-hybridized carbons (Fsp3) is 0.417. The molecular weight excluding hydrogens is 190 g/mol. The van der Waals surface area contributed by atoms with Crippen LogP contribution in [0.25, 0.3) is 0 Å². The SMILES string of the molecule is C#Cc1cnc(C)c2c1COC(C)(C)O2. The largest absolute Gasteiger partial charge is 0.461 e. The van der Waals surface area contributed by atoms with Crippen LogP contribution in [0.15, 0.2) is 6.20 Å². The first-order chi connectivity index (χ1) is 7.03. The maximum Gasteiger partial charge on any atom is 0.205 e. The summed E-state index contributed by atoms with van der Waals surface area (Å²) in [5.41, 5.74) is 2.51. The first-order valence-corrected chi connectivity index (χ1v) is 4.81. The monoisotopic (exact) mass is 203 g/mol. The van der Waals surface area contributed by atoms with E-state index in [0.29, 0.717) is 6.61 Å². The summed E-state index contributed by atoms with van der Waals surface area (Å²) in [5, 5.41) is 0. The minimum atomic E-state index is -0.605. The summed E-state index contributed by atoms with van der Waals surface area (Å²) in [6, 6.07) is 0. The van der Waals surface area contributed by atoms with Crippen molar-refractivity contribution in [2.24, 2.45) is 0 Å². The molecule has 1 aliphatic heterocycles. The lowest BCUT2D eigenvalue weighted by Crippen LogP contribution is -2.36. The zero-order chi connectivity index (χ0) is 11.1. The number of hydrogen-bond acceptors (Lipinski definition) is 3. The highest BCUT2D eigenvalue weighted by Gasteiger charge is 2.30. The van der Waals surface area contributed by atoms with Crippen molar-refractivity contribution in [2.45, 2.75) is 33.2 Å². The summed E-state index contributed by atoms with van der Waals surface area (Å²) in [4.78, 5) is 4.21. The van der Waals surface area contributed by atoms with Crippen molar-refractivity contribution in [3.63, 3.8) is 0 Å². The van der Waals surface area contributed by atoms with Crippen molar-refractivity contribution >= 4 is 0 Å². The third kappa shape index (κ3) is 1.69. The van der Waals surface area contributed by atoms with Crippen molar-refractivity contribution < 1.29 is 9.47 Å². The molecule has 0 spiro atoms. The molecule has 3 heteroatoms. The van der Waals surface area contributed by atoms with E-state index in [1.165, 1.54) is 0 Å². The molecule has 2 heterocycles. The molecule has 3 nitrogen and oxygen atoms in total. The van der Waals surface area contributed by atoms with E-state index < -0.39 is 5.79 Å². The zero-order valence-electron chi connectivity index (χ0n) is 9.13. The van der Waals surface area contributed by atoms with Gasteiger partial charge in [-0.1, -0.05) is 5.92 Å². The van der Waals surface area contributed by atoms with E-state index in [0.717, 1.165) is 22.6 Å². The highest BCUT2D eigenvalue weighted by atomic mass is 16.7. The van der Waals surface area contributed by atoms with Crippen LogP contribution in [0.2, 0.25) is 0 Å². The Labute approximate surface area is 89.4 Å². The lowest BCUT2D eigenvalue weighted by Gasteiger charge is -2.33. The van der Waals surface area contributed by atoms with Gasteiger partial charge in [0.2, 0.25) is 5.79 Å². The van der Waals surface area contributed by atoms with Crippen LogP contribution in [0.1, 0.15) is 30.7 Å². The van der Waals surface area contributed by atoms with Crippen molar-refractivity contribution in [1.29, 1.82) is 0 Å². The van der Waals surface area contributed by atoms with E-state index >= 15 is 0 Å². The number of nitrogens with zero attached hydrogens (tertiary/aromatic N) is 1. The van der Waals surface area contributed by atoms with Crippen molar-refractivity contribution in [2.75, 3.05) is 0 Å². The normalized spacial score (nSPS) is 17.5. The van der Waals surface area contributed by atoms with E-state index in [-0.39, 0.29) is 0 Å². The molecule has 2 rings (SSSR count). The molecule has 78 valence electrons. The van der Waals surface area contributed by atoms with Gasteiger partial charge in [-0.05, 0) is 6.92 Å². The molecule has 1 aromatic rings. The first kappa shape index (κ1) is 10.0. The molecule has 1 aliphatic rings. The highest BCUT2D eigenvalue weighted by molar-refractivity contribution is 5.49. The van der Waals surface area contributed by atoms with E-state index in [4.69, 9.17) is 15.9 Å². The number of fused-ring (bicyclic) bond motifs is 1. The Kier molecular flexibility index (Phi) is 2.17. The van der Waals surface area contributed by atoms with Gasteiger partial charge in [-0.2, -0.15) is 0 Å². The van der Waals surface area contributed by atoms with Crippen LogP contribution in [0, 0.1) is 19.3 Å². The second kappa shape index (κ2) is 3.25. The first-order valence-electron chi connectivity index (χ1n) is 4.81. The standard InChI is InChI=1S/C12H13NO2/c1-5-9-6-13-8(2)11-10(9)7-14-12(3,4)15-11/h1,6H,7H2,2-4H3. The highest BCUT2D eigenvalue weighted by Crippen LogP contribution is 2.34. The van der Waals surface area contributed by atoms with Crippen LogP contribution >= 0.6 is 0 Å².